The Kier molecular flexibility index (Phi) is 3.13. The standard InChI is InChI=1S/C14H11BN2OS/c1-15-14-17-12(8-19-14)11-7-13(18-2)9-5-3-4-6-10(9)16-11/h3-8H,1H2,2H3/p+1. The van der Waals surface area contributed by atoms with Crippen LogP contribution < -0.4 is 14.6 Å². The quantitative estimate of drug-likeness (QED) is 0.675. The second-order valence-corrected chi connectivity index (χ2v) is 4.96. The summed E-state index contributed by atoms with van der Waals surface area (Å²) in [5, 5.41) is 3.07. The monoisotopic (exact) mass is 267 g/mol. The number of para-hydroxylation sites is 1. The number of rotatable bonds is 3. The minimum atomic E-state index is 0.845. The number of nitrogens with zero attached hydrogens (tertiary/aromatic N) is 1. The molecule has 92 valence electrons. The Bertz CT molecular complexity index is 754. The topological polar surface area (TPSA) is 36.3 Å². The molecule has 0 unspecified atom stereocenters. The molecule has 2 heterocycles. The van der Waals surface area contributed by atoms with Crippen LogP contribution in [0.4, 0.5) is 0 Å². The average Bonchev–Trinajstić information content (AvgIpc) is 2.95. The van der Waals surface area contributed by atoms with Gasteiger partial charge >= 0.3 is 115 Å². The van der Waals surface area contributed by atoms with Crippen molar-refractivity contribution in [1.29, 1.82) is 0 Å². The van der Waals surface area contributed by atoms with Gasteiger partial charge < -0.3 is 0 Å². The SMILES string of the molecule is C=Bc1nc(-c2cc(OC)c3ccccc3[nH+]2)cs1. The summed E-state index contributed by atoms with van der Waals surface area (Å²) < 4.78 is 5.46. The maximum absolute atomic E-state index is 5.46. The average molecular weight is 267 g/mol. The van der Waals surface area contributed by atoms with Crippen LogP contribution in [0.1, 0.15) is 0 Å². The molecule has 0 saturated carbocycles. The molecule has 19 heavy (non-hydrogen) atoms. The fourth-order valence-electron chi connectivity index (χ4n) is 2.01. The zero-order valence-corrected chi connectivity index (χ0v) is 11.3. The van der Waals surface area contributed by atoms with Crippen LogP contribution in [0.25, 0.3) is 22.3 Å². The molecule has 1 N–H and O–H groups in total. The van der Waals surface area contributed by atoms with E-state index in [4.69, 9.17) is 4.74 Å². The Labute approximate surface area is 115 Å². The van der Waals surface area contributed by atoms with Crippen molar-refractivity contribution >= 4 is 40.5 Å². The summed E-state index contributed by atoms with van der Waals surface area (Å²) in [6, 6.07) is 10.0. The Morgan fingerprint density at radius 3 is 2.95 bits per heavy atom. The molecule has 0 saturated heterocycles. The molecule has 0 amide bonds. The van der Waals surface area contributed by atoms with Crippen LogP contribution in [0.5, 0.6) is 5.75 Å². The predicted molar refractivity (Wildman–Crippen MR) is 80.7 cm³/mol. The van der Waals surface area contributed by atoms with Crippen molar-refractivity contribution in [3.8, 4) is 17.1 Å². The number of benzene rings is 1. The first-order valence-corrected chi connectivity index (χ1v) is 6.77. The van der Waals surface area contributed by atoms with Gasteiger partial charge in [-0.15, -0.1) is 0 Å². The van der Waals surface area contributed by atoms with Crippen molar-refractivity contribution in [1.82, 2.24) is 4.98 Å². The van der Waals surface area contributed by atoms with Gasteiger partial charge in [-0.1, -0.05) is 0 Å². The van der Waals surface area contributed by atoms with Crippen LogP contribution in [-0.4, -0.2) is 25.5 Å². The molecular weight excluding hydrogens is 255 g/mol. The van der Waals surface area contributed by atoms with Crippen molar-refractivity contribution in [3.05, 3.63) is 35.7 Å². The van der Waals surface area contributed by atoms with Gasteiger partial charge in [-0.05, 0) is 0 Å². The summed E-state index contributed by atoms with van der Waals surface area (Å²) in [5.74, 6) is 0.845. The third kappa shape index (κ3) is 2.17. The molecule has 5 heteroatoms. The molecule has 0 spiro atoms. The maximum atomic E-state index is 5.46. The number of aromatic nitrogens is 2. The Morgan fingerprint density at radius 2 is 2.21 bits per heavy atom. The molecular formula is C14H12BN2OS+. The predicted octanol–water partition coefficient (Wildman–Crippen LogP) is 1.55. The second-order valence-electron chi connectivity index (χ2n) is 4.07. The molecule has 1 aromatic carbocycles. The number of hydrogen-bond acceptors (Lipinski definition) is 3. The van der Waals surface area contributed by atoms with Gasteiger partial charge in [0, 0.05) is 0 Å². The van der Waals surface area contributed by atoms with E-state index in [1.807, 2.05) is 35.7 Å². The zero-order chi connectivity index (χ0) is 13.2. The number of methoxy groups -OCH3 is 1. The summed E-state index contributed by atoms with van der Waals surface area (Å²) >= 11 is 1.57. The van der Waals surface area contributed by atoms with E-state index in [9.17, 15) is 0 Å². The second kappa shape index (κ2) is 4.94. The first-order chi connectivity index (χ1) is 9.31. The molecule has 0 aliphatic carbocycles. The van der Waals surface area contributed by atoms with Gasteiger partial charge in [0.1, 0.15) is 0 Å². The molecule has 0 aliphatic rings. The summed E-state index contributed by atoms with van der Waals surface area (Å²) in [7, 11) is 1.68. The molecule has 0 bridgehead atoms. The number of aromatic amines is 1. The molecule has 0 aliphatic heterocycles. The van der Waals surface area contributed by atoms with Crippen molar-refractivity contribution < 1.29 is 9.72 Å². The summed E-state index contributed by atoms with van der Waals surface area (Å²) in [6.07, 6.45) is 0. The van der Waals surface area contributed by atoms with Gasteiger partial charge in [0.15, 0.2) is 0 Å². The summed E-state index contributed by atoms with van der Waals surface area (Å²) in [5.41, 5.74) is 2.88. The van der Waals surface area contributed by atoms with E-state index in [0.717, 1.165) is 32.9 Å². The normalized spacial score (nSPS) is 10.4. The molecule has 3 nitrogen and oxygen atoms in total. The van der Waals surface area contributed by atoms with E-state index in [2.05, 4.69) is 16.4 Å². The number of pyridine rings is 1. The van der Waals surface area contributed by atoms with Crippen LogP contribution in [0, 0.1) is 0 Å². The van der Waals surface area contributed by atoms with Gasteiger partial charge in [-0.3, -0.25) is 0 Å². The summed E-state index contributed by atoms with van der Waals surface area (Å²) in [4.78, 5) is 8.79. The van der Waals surface area contributed by atoms with Gasteiger partial charge in [0.25, 0.3) is 0 Å². The first-order valence-electron chi connectivity index (χ1n) is 5.89. The van der Waals surface area contributed by atoms with Crippen molar-refractivity contribution in [3.63, 3.8) is 0 Å². The molecule has 3 rings (SSSR count). The Morgan fingerprint density at radius 1 is 1.37 bits per heavy atom. The molecule has 0 atom stereocenters. The number of thiazole rings is 1. The van der Waals surface area contributed by atoms with Crippen LogP contribution in [0.2, 0.25) is 0 Å². The molecule has 0 fully saturated rings. The van der Waals surface area contributed by atoms with E-state index in [0.29, 0.717) is 0 Å². The van der Waals surface area contributed by atoms with Crippen LogP contribution in [0.15, 0.2) is 35.7 Å². The molecule has 2 aromatic heterocycles. The fourth-order valence-corrected chi connectivity index (χ4v) is 2.67. The number of ether oxygens (including phenoxy) is 1. The van der Waals surface area contributed by atoms with E-state index in [1.165, 1.54) is 0 Å². The van der Waals surface area contributed by atoms with E-state index in [-0.39, 0.29) is 0 Å². The van der Waals surface area contributed by atoms with E-state index in [1.54, 1.807) is 25.4 Å². The van der Waals surface area contributed by atoms with Gasteiger partial charge in [-0.25, -0.2) is 0 Å². The van der Waals surface area contributed by atoms with E-state index < -0.39 is 0 Å². The number of nitrogens with one attached hydrogen (secondary N) is 1. The van der Waals surface area contributed by atoms with Crippen molar-refractivity contribution in [2.45, 2.75) is 0 Å². The number of fused-ring (bicyclic) bond motifs is 1. The van der Waals surface area contributed by atoms with Crippen molar-refractivity contribution in [2.24, 2.45) is 0 Å². The van der Waals surface area contributed by atoms with Crippen LogP contribution in [-0.2, 0) is 0 Å². The molecule has 3 aromatic rings. The third-order valence-corrected chi connectivity index (χ3v) is 3.77. The first kappa shape index (κ1) is 12.1. The van der Waals surface area contributed by atoms with Crippen LogP contribution >= 0.6 is 11.3 Å². The van der Waals surface area contributed by atoms with E-state index >= 15 is 0 Å². The third-order valence-electron chi connectivity index (χ3n) is 2.93. The number of H-pyrrole nitrogens is 1. The Hall–Kier alpha value is -2.01. The van der Waals surface area contributed by atoms with Gasteiger partial charge in [0.05, 0.1) is 0 Å². The zero-order valence-electron chi connectivity index (χ0n) is 10.5. The van der Waals surface area contributed by atoms with Crippen LogP contribution in [0.3, 0.4) is 0 Å². The van der Waals surface area contributed by atoms with Gasteiger partial charge in [0.2, 0.25) is 0 Å². The Balaban J connectivity index is 2.21. The number of hydrogen-bond donors (Lipinski definition) is 0. The van der Waals surface area contributed by atoms with Crippen molar-refractivity contribution in [2.75, 3.05) is 7.11 Å². The van der Waals surface area contributed by atoms with Gasteiger partial charge in [-0.2, -0.15) is 0 Å². The minimum absolute atomic E-state index is 0.845. The summed E-state index contributed by atoms with van der Waals surface area (Å²) in [6.45, 7) is 5.49. The molecule has 0 radical (unpaired) electrons. The fraction of sp³-hybridized carbons (Fsp3) is 0.0714.